The van der Waals surface area contributed by atoms with Gasteiger partial charge in [-0.1, -0.05) is 42.0 Å². The summed E-state index contributed by atoms with van der Waals surface area (Å²) in [6, 6.07) is 10.3. The number of halogens is 1. The molecule has 2 aromatic carbocycles. The van der Waals surface area contributed by atoms with Crippen LogP contribution in [-0.2, 0) is 35.7 Å². The second-order valence-electron chi connectivity index (χ2n) is 10.9. The number of carbonyl (C=O) groups excluding carboxylic acids is 3. The third-order valence-corrected chi connectivity index (χ3v) is 10.5. The Labute approximate surface area is 313 Å². The number of nitrogens with zero attached hydrogens (tertiary/aromatic N) is 7. The van der Waals surface area contributed by atoms with E-state index >= 15 is 0 Å². The number of nitro benzene ring substituents is 1. The van der Waals surface area contributed by atoms with Crippen molar-refractivity contribution in [2.45, 2.75) is 43.8 Å². The molecule has 3 heterocycles. The molecule has 24 heteroatoms. The van der Waals surface area contributed by atoms with E-state index in [4.69, 9.17) is 25.8 Å². The van der Waals surface area contributed by atoms with Gasteiger partial charge < -0.3 is 14.2 Å². The van der Waals surface area contributed by atoms with E-state index in [1.807, 2.05) is 0 Å². The number of nitro groups is 1. The van der Waals surface area contributed by atoms with Crippen molar-refractivity contribution in [2.24, 2.45) is 0 Å². The Balaban J connectivity index is 1.52. The maximum absolute atomic E-state index is 14.0. The van der Waals surface area contributed by atoms with Crippen molar-refractivity contribution in [3.05, 3.63) is 79.8 Å². The smallest absolute Gasteiger partial charge is 0.414 e. The van der Waals surface area contributed by atoms with Crippen LogP contribution in [0.15, 0.2) is 57.9 Å². The zero-order chi connectivity index (χ0) is 39.4. The maximum atomic E-state index is 14.0. The van der Waals surface area contributed by atoms with Crippen molar-refractivity contribution < 1.29 is 41.9 Å². The average Bonchev–Trinajstić information content (AvgIpc) is 3.80. The van der Waals surface area contributed by atoms with Crippen molar-refractivity contribution >= 4 is 73.7 Å². The monoisotopic (exact) mass is 804 g/mol. The van der Waals surface area contributed by atoms with Crippen LogP contribution < -0.4 is 25.3 Å². The molecular formula is C30H29ClN10O11S2. The highest BCUT2D eigenvalue weighted by Gasteiger charge is 2.51. The molecule has 3 N–H and O–H groups in total. The molecule has 0 radical (unpaired) electrons. The SMILES string of the molecule is CCOC(=O)C(CC)(NS(=O)(=O)c1nnc(-c2ccc(Cl)cc2[N+](=O)[O-])s1)N(C(C)=O)n1cnc2c(=O)[nH]c(NC(=O)OCc3ccc(OC)cc3)nc21. The van der Waals surface area contributed by atoms with Crippen LogP contribution in [0.5, 0.6) is 5.75 Å². The Hall–Kier alpha value is -6.04. The molecule has 0 spiro atoms. The van der Waals surface area contributed by atoms with E-state index in [-0.39, 0.29) is 34.3 Å². The van der Waals surface area contributed by atoms with Crippen molar-refractivity contribution in [2.75, 3.05) is 24.0 Å². The number of benzene rings is 2. The first kappa shape index (κ1) is 39.2. The largest absolute Gasteiger partial charge is 0.497 e. The molecule has 21 nitrogen and oxygen atoms in total. The molecule has 3 aromatic heterocycles. The first-order valence-corrected chi connectivity index (χ1v) is 18.2. The van der Waals surface area contributed by atoms with Gasteiger partial charge in [0.05, 0.1) is 24.2 Å². The Kier molecular flexibility index (Phi) is 11.5. The molecule has 54 heavy (non-hydrogen) atoms. The molecule has 5 aromatic rings. The number of hydrogen-bond acceptors (Lipinski definition) is 16. The van der Waals surface area contributed by atoms with Gasteiger partial charge in [-0.15, -0.1) is 10.2 Å². The number of carbonyl (C=O) groups is 3. The quantitative estimate of drug-likeness (QED) is 0.0630. The summed E-state index contributed by atoms with van der Waals surface area (Å²) in [5.74, 6) is -2.07. The molecule has 1 atom stereocenters. The first-order valence-electron chi connectivity index (χ1n) is 15.5. The van der Waals surface area contributed by atoms with E-state index < -0.39 is 72.2 Å². The van der Waals surface area contributed by atoms with E-state index in [1.54, 1.807) is 24.3 Å². The minimum absolute atomic E-state index is 0.0482. The zero-order valence-electron chi connectivity index (χ0n) is 28.6. The van der Waals surface area contributed by atoms with Gasteiger partial charge in [-0.2, -0.15) is 9.71 Å². The van der Waals surface area contributed by atoms with Gasteiger partial charge in [0.1, 0.15) is 18.7 Å². The lowest BCUT2D eigenvalue weighted by atomic mass is 10.1. The zero-order valence-corrected chi connectivity index (χ0v) is 30.9. The van der Waals surface area contributed by atoms with Crippen LogP contribution in [0.1, 0.15) is 32.8 Å². The van der Waals surface area contributed by atoms with Crippen LogP contribution >= 0.6 is 22.9 Å². The predicted octanol–water partition coefficient (Wildman–Crippen LogP) is 3.09. The summed E-state index contributed by atoms with van der Waals surface area (Å²) < 4.78 is 45.8. The lowest BCUT2D eigenvalue weighted by molar-refractivity contribution is -0.384. The summed E-state index contributed by atoms with van der Waals surface area (Å²) >= 11 is 6.34. The van der Waals surface area contributed by atoms with Gasteiger partial charge in [-0.3, -0.25) is 30.0 Å². The highest BCUT2D eigenvalue weighted by molar-refractivity contribution is 7.91. The van der Waals surface area contributed by atoms with Crippen molar-refractivity contribution in [1.82, 2.24) is 34.5 Å². The highest BCUT2D eigenvalue weighted by atomic mass is 35.5. The van der Waals surface area contributed by atoms with E-state index in [2.05, 4.69) is 35.2 Å². The molecule has 0 bridgehead atoms. The second-order valence-corrected chi connectivity index (χ2v) is 14.2. The lowest BCUT2D eigenvalue weighted by Crippen LogP contribution is -2.70. The lowest BCUT2D eigenvalue weighted by Gasteiger charge is -2.40. The molecule has 2 amide bonds. The minimum atomic E-state index is -4.91. The van der Waals surface area contributed by atoms with Gasteiger partial charge in [0, 0.05) is 18.0 Å². The summed E-state index contributed by atoms with van der Waals surface area (Å²) in [5, 5.41) is 21.9. The Morgan fingerprint density at radius 2 is 1.85 bits per heavy atom. The summed E-state index contributed by atoms with van der Waals surface area (Å²) in [6.07, 6.45) is -0.573. The van der Waals surface area contributed by atoms with Crippen LogP contribution in [0.4, 0.5) is 16.4 Å². The van der Waals surface area contributed by atoms with E-state index in [0.717, 1.165) is 24.0 Å². The van der Waals surface area contributed by atoms with Gasteiger partial charge in [0.2, 0.25) is 21.9 Å². The van der Waals surface area contributed by atoms with E-state index in [0.29, 0.717) is 27.7 Å². The normalized spacial score (nSPS) is 12.5. The fraction of sp³-hybridized carbons (Fsp3) is 0.267. The van der Waals surface area contributed by atoms with Gasteiger partial charge in [-0.05, 0) is 43.2 Å². The fourth-order valence-corrected chi connectivity index (χ4v) is 7.60. The number of ether oxygens (including phenoxy) is 3. The van der Waals surface area contributed by atoms with Gasteiger partial charge in [0.15, 0.2) is 16.2 Å². The Bertz CT molecular complexity index is 2420. The molecule has 0 saturated heterocycles. The maximum Gasteiger partial charge on any atom is 0.414 e. The summed E-state index contributed by atoms with van der Waals surface area (Å²) in [7, 11) is -3.41. The third-order valence-electron chi connectivity index (χ3n) is 7.47. The van der Waals surface area contributed by atoms with Crippen molar-refractivity contribution in [3.8, 4) is 16.3 Å². The number of rotatable bonds is 14. The van der Waals surface area contributed by atoms with Crippen molar-refractivity contribution in [3.63, 3.8) is 0 Å². The summed E-state index contributed by atoms with van der Waals surface area (Å²) in [6.45, 7) is 3.38. The number of methoxy groups -OCH3 is 1. The number of imidazole rings is 1. The van der Waals surface area contributed by atoms with Crippen LogP contribution in [-0.4, -0.2) is 80.5 Å². The molecular weight excluding hydrogens is 776 g/mol. The van der Waals surface area contributed by atoms with Crippen LogP contribution in [0.3, 0.4) is 0 Å². The molecule has 0 aliphatic heterocycles. The fourth-order valence-electron chi connectivity index (χ4n) is 5.03. The van der Waals surface area contributed by atoms with E-state index in [1.165, 1.54) is 33.1 Å². The number of esters is 1. The second kappa shape index (κ2) is 15.9. The Morgan fingerprint density at radius 3 is 2.48 bits per heavy atom. The van der Waals surface area contributed by atoms with Gasteiger partial charge >= 0.3 is 12.1 Å². The summed E-state index contributed by atoms with van der Waals surface area (Å²) in [5.41, 5.74) is -4.18. The minimum Gasteiger partial charge on any atom is -0.497 e. The topological polar surface area (TPSA) is 273 Å². The first-order chi connectivity index (χ1) is 25.6. The number of sulfonamides is 1. The number of aromatic amines is 1. The van der Waals surface area contributed by atoms with Crippen molar-refractivity contribution in [1.29, 1.82) is 0 Å². The molecule has 0 aliphatic rings. The number of hydrogen-bond donors (Lipinski definition) is 3. The number of fused-ring (bicyclic) bond motifs is 1. The molecule has 1 unspecified atom stereocenters. The van der Waals surface area contributed by atoms with Crippen LogP contribution in [0.2, 0.25) is 5.02 Å². The van der Waals surface area contributed by atoms with Gasteiger partial charge in [-0.25, -0.2) is 32.7 Å². The van der Waals surface area contributed by atoms with Crippen LogP contribution in [0.25, 0.3) is 21.7 Å². The molecule has 0 aliphatic carbocycles. The summed E-state index contributed by atoms with van der Waals surface area (Å²) in [4.78, 5) is 74.4. The highest BCUT2D eigenvalue weighted by Crippen LogP contribution is 2.35. The van der Waals surface area contributed by atoms with E-state index in [9.17, 15) is 37.7 Å². The number of aromatic nitrogens is 6. The predicted molar refractivity (Wildman–Crippen MR) is 191 cm³/mol. The molecule has 0 saturated carbocycles. The van der Waals surface area contributed by atoms with Crippen LogP contribution in [0, 0.1) is 10.1 Å². The Morgan fingerprint density at radius 1 is 1.13 bits per heavy atom. The number of H-pyrrole nitrogens is 1. The number of amides is 2. The molecule has 284 valence electrons. The van der Waals surface area contributed by atoms with Gasteiger partial charge in [0.25, 0.3) is 21.3 Å². The standard InChI is InChI=1S/C30H29ClN10O11S2/c1-5-30(26(44)51-6-2,38-54(48,49)29-37-36-25(53-29)20-12-9-18(31)13-21(20)41(46)47)40(16(3)42)39-15-32-22-23(39)33-27(34-24(22)43)35-28(45)52-14-17-7-10-19(50-4)11-8-17/h7-13,15,38H,5-6,14H2,1-4H3,(H2,33,34,35,43,45). The molecule has 0 fully saturated rings. The molecule has 5 rings (SSSR count). The number of nitrogens with one attached hydrogen (secondary N) is 3. The third kappa shape index (κ3) is 7.97. The number of anilines is 1. The average molecular weight is 805 g/mol.